The molecular weight excluding hydrogens is 404 g/mol. The first-order valence-corrected chi connectivity index (χ1v) is 10.5. The maximum Gasteiger partial charge on any atom is 0.264 e. The standard InChI is InChI=1S/C22H22N2O5S/c1-28-19-13-11-18(12-14-19)24(30(26,27)21-9-4-3-5-10-21)16-22(25)23-17-7-6-8-20(15-17)29-2/h3-15H,16H2,1-2H3,(H,23,25). The summed E-state index contributed by atoms with van der Waals surface area (Å²) < 4.78 is 37.9. The topological polar surface area (TPSA) is 84.9 Å². The van der Waals surface area contributed by atoms with E-state index >= 15 is 0 Å². The fraction of sp³-hybridized carbons (Fsp3) is 0.136. The number of sulfonamides is 1. The van der Waals surface area contributed by atoms with Crippen molar-refractivity contribution in [1.29, 1.82) is 0 Å². The summed E-state index contributed by atoms with van der Waals surface area (Å²) in [7, 11) is -0.917. The fourth-order valence-electron chi connectivity index (χ4n) is 2.82. The number of nitrogens with one attached hydrogen (secondary N) is 1. The summed E-state index contributed by atoms with van der Waals surface area (Å²) >= 11 is 0. The summed E-state index contributed by atoms with van der Waals surface area (Å²) in [5, 5.41) is 2.71. The monoisotopic (exact) mass is 426 g/mol. The molecule has 0 spiro atoms. The number of hydrogen-bond donors (Lipinski definition) is 1. The Morgan fingerprint density at radius 2 is 1.53 bits per heavy atom. The van der Waals surface area contributed by atoms with Crippen LogP contribution in [0.2, 0.25) is 0 Å². The van der Waals surface area contributed by atoms with Gasteiger partial charge in [-0.2, -0.15) is 0 Å². The van der Waals surface area contributed by atoms with Gasteiger partial charge in [-0.05, 0) is 48.5 Å². The molecule has 0 unspecified atom stereocenters. The first-order valence-electron chi connectivity index (χ1n) is 9.10. The fourth-order valence-corrected chi connectivity index (χ4v) is 4.26. The van der Waals surface area contributed by atoms with Crippen LogP contribution in [0.15, 0.2) is 83.8 Å². The molecule has 0 bridgehead atoms. The molecule has 30 heavy (non-hydrogen) atoms. The van der Waals surface area contributed by atoms with E-state index in [0.29, 0.717) is 22.9 Å². The molecule has 1 N–H and O–H groups in total. The van der Waals surface area contributed by atoms with Gasteiger partial charge in [-0.15, -0.1) is 0 Å². The van der Waals surface area contributed by atoms with Gasteiger partial charge in [0.1, 0.15) is 18.0 Å². The highest BCUT2D eigenvalue weighted by Gasteiger charge is 2.27. The molecule has 156 valence electrons. The van der Waals surface area contributed by atoms with Crippen molar-refractivity contribution in [1.82, 2.24) is 0 Å². The Balaban J connectivity index is 1.91. The van der Waals surface area contributed by atoms with Crippen molar-refractivity contribution in [2.45, 2.75) is 4.90 Å². The second-order valence-electron chi connectivity index (χ2n) is 6.30. The molecule has 7 nitrogen and oxygen atoms in total. The van der Waals surface area contributed by atoms with Crippen LogP contribution in [0.25, 0.3) is 0 Å². The molecule has 0 aliphatic rings. The highest BCUT2D eigenvalue weighted by Crippen LogP contribution is 2.26. The van der Waals surface area contributed by atoms with Crippen LogP contribution >= 0.6 is 0 Å². The number of anilines is 2. The highest BCUT2D eigenvalue weighted by molar-refractivity contribution is 7.92. The van der Waals surface area contributed by atoms with E-state index in [0.717, 1.165) is 4.31 Å². The first kappa shape index (κ1) is 21.2. The molecule has 0 saturated carbocycles. The Morgan fingerprint density at radius 3 is 2.17 bits per heavy atom. The lowest BCUT2D eigenvalue weighted by Crippen LogP contribution is -2.38. The minimum Gasteiger partial charge on any atom is -0.497 e. The molecule has 3 aromatic rings. The Bertz CT molecular complexity index is 1100. The second-order valence-corrected chi connectivity index (χ2v) is 8.17. The predicted octanol–water partition coefficient (Wildman–Crippen LogP) is 3.54. The number of ether oxygens (including phenoxy) is 2. The number of rotatable bonds is 8. The van der Waals surface area contributed by atoms with E-state index in [-0.39, 0.29) is 4.90 Å². The highest BCUT2D eigenvalue weighted by atomic mass is 32.2. The normalized spacial score (nSPS) is 10.9. The van der Waals surface area contributed by atoms with Crippen molar-refractivity contribution in [2.75, 3.05) is 30.4 Å². The molecule has 0 radical (unpaired) electrons. The zero-order valence-corrected chi connectivity index (χ0v) is 17.4. The van der Waals surface area contributed by atoms with Crippen LogP contribution in [-0.2, 0) is 14.8 Å². The van der Waals surface area contributed by atoms with Crippen LogP contribution in [0.4, 0.5) is 11.4 Å². The zero-order valence-electron chi connectivity index (χ0n) is 16.6. The molecule has 0 fully saturated rings. The molecular formula is C22H22N2O5S. The summed E-state index contributed by atoms with van der Waals surface area (Å²) in [6, 6.07) is 21.3. The number of hydrogen-bond acceptors (Lipinski definition) is 5. The third-order valence-electron chi connectivity index (χ3n) is 4.33. The minimum atomic E-state index is -3.97. The average Bonchev–Trinajstić information content (AvgIpc) is 2.78. The Morgan fingerprint density at radius 1 is 0.867 bits per heavy atom. The molecule has 0 aliphatic heterocycles. The minimum absolute atomic E-state index is 0.0926. The van der Waals surface area contributed by atoms with Crippen molar-refractivity contribution in [3.63, 3.8) is 0 Å². The van der Waals surface area contributed by atoms with Gasteiger partial charge in [0.15, 0.2) is 0 Å². The summed E-state index contributed by atoms with van der Waals surface area (Å²) in [6.45, 7) is -0.402. The number of benzene rings is 3. The third-order valence-corrected chi connectivity index (χ3v) is 6.12. The van der Waals surface area contributed by atoms with Gasteiger partial charge < -0.3 is 14.8 Å². The quantitative estimate of drug-likeness (QED) is 0.596. The maximum atomic E-state index is 13.3. The van der Waals surface area contributed by atoms with Crippen molar-refractivity contribution in [3.8, 4) is 11.5 Å². The van der Waals surface area contributed by atoms with Crippen LogP contribution in [0.1, 0.15) is 0 Å². The summed E-state index contributed by atoms with van der Waals surface area (Å²) in [6.07, 6.45) is 0. The van der Waals surface area contributed by atoms with Crippen molar-refractivity contribution in [3.05, 3.63) is 78.9 Å². The van der Waals surface area contributed by atoms with E-state index < -0.39 is 22.5 Å². The van der Waals surface area contributed by atoms with Crippen LogP contribution in [0.3, 0.4) is 0 Å². The maximum absolute atomic E-state index is 13.3. The van der Waals surface area contributed by atoms with Crippen LogP contribution in [0, 0.1) is 0 Å². The molecule has 3 rings (SSSR count). The van der Waals surface area contributed by atoms with E-state index in [1.165, 1.54) is 26.4 Å². The van der Waals surface area contributed by atoms with Gasteiger partial charge in [0.25, 0.3) is 10.0 Å². The van der Waals surface area contributed by atoms with Gasteiger partial charge in [0.05, 0.1) is 24.8 Å². The van der Waals surface area contributed by atoms with Gasteiger partial charge in [0.2, 0.25) is 5.91 Å². The van der Waals surface area contributed by atoms with Crippen molar-refractivity contribution < 1.29 is 22.7 Å². The molecule has 8 heteroatoms. The van der Waals surface area contributed by atoms with E-state index in [1.807, 2.05) is 0 Å². The van der Waals surface area contributed by atoms with Gasteiger partial charge in [0, 0.05) is 11.8 Å². The lowest BCUT2D eigenvalue weighted by atomic mass is 10.3. The second kappa shape index (κ2) is 9.32. The zero-order chi connectivity index (χ0) is 21.6. The van der Waals surface area contributed by atoms with Crippen molar-refractivity contribution in [2.24, 2.45) is 0 Å². The molecule has 0 aliphatic carbocycles. The van der Waals surface area contributed by atoms with Gasteiger partial charge in [-0.25, -0.2) is 8.42 Å². The molecule has 0 saturated heterocycles. The number of carbonyl (C=O) groups excluding carboxylic acids is 1. The Hall–Kier alpha value is -3.52. The number of methoxy groups -OCH3 is 2. The Kier molecular flexibility index (Phi) is 6.58. The lowest BCUT2D eigenvalue weighted by Gasteiger charge is -2.24. The molecule has 0 atom stereocenters. The summed E-state index contributed by atoms with van der Waals surface area (Å²) in [4.78, 5) is 12.8. The van der Waals surface area contributed by atoms with Gasteiger partial charge in [-0.1, -0.05) is 24.3 Å². The van der Waals surface area contributed by atoms with E-state index in [4.69, 9.17) is 9.47 Å². The number of carbonyl (C=O) groups is 1. The molecule has 1 amide bonds. The van der Waals surface area contributed by atoms with E-state index in [1.54, 1.807) is 66.7 Å². The lowest BCUT2D eigenvalue weighted by molar-refractivity contribution is -0.114. The van der Waals surface area contributed by atoms with Crippen molar-refractivity contribution >= 4 is 27.3 Å². The first-order chi connectivity index (χ1) is 14.4. The smallest absolute Gasteiger partial charge is 0.264 e. The third kappa shape index (κ3) is 4.90. The van der Waals surface area contributed by atoms with Crippen LogP contribution < -0.4 is 19.1 Å². The average molecular weight is 426 g/mol. The van der Waals surface area contributed by atoms with Gasteiger partial charge >= 0.3 is 0 Å². The van der Waals surface area contributed by atoms with Crippen LogP contribution in [0.5, 0.6) is 11.5 Å². The van der Waals surface area contributed by atoms with E-state index in [9.17, 15) is 13.2 Å². The molecule has 3 aromatic carbocycles. The summed E-state index contributed by atoms with van der Waals surface area (Å²) in [5.41, 5.74) is 0.853. The SMILES string of the molecule is COc1ccc(N(CC(=O)Nc2cccc(OC)c2)S(=O)(=O)c2ccccc2)cc1. The largest absolute Gasteiger partial charge is 0.497 e. The van der Waals surface area contributed by atoms with Crippen LogP contribution in [-0.4, -0.2) is 35.1 Å². The van der Waals surface area contributed by atoms with Gasteiger partial charge in [-0.3, -0.25) is 9.10 Å². The Labute approximate surface area is 175 Å². The summed E-state index contributed by atoms with van der Waals surface area (Å²) in [5.74, 6) is 0.673. The molecule has 0 heterocycles. The molecule has 0 aromatic heterocycles. The number of nitrogens with zero attached hydrogens (tertiary/aromatic N) is 1. The van der Waals surface area contributed by atoms with E-state index in [2.05, 4.69) is 5.32 Å². The number of amides is 1. The predicted molar refractivity (Wildman–Crippen MR) is 116 cm³/mol.